The Morgan fingerprint density at radius 1 is 1.43 bits per heavy atom. The molecule has 2 heterocycles. The van der Waals surface area contributed by atoms with Crippen molar-refractivity contribution in [2.24, 2.45) is 5.92 Å². The standard InChI is InChI=1S/C17H19N3O3/c1-2-20(14-5-3-4-12(10-14)17(22)23)16(21)13-6-7-15-18-8-9-19(15)11-13/h3-5,8-10,13H,2,6-7,11H2,1H3,(H,22,23). The molecule has 1 aromatic heterocycles. The smallest absolute Gasteiger partial charge is 0.335 e. The Morgan fingerprint density at radius 3 is 3.00 bits per heavy atom. The number of nitrogens with zero attached hydrogens (tertiary/aromatic N) is 3. The Hall–Kier alpha value is -2.63. The first-order chi connectivity index (χ1) is 11.1. The van der Waals surface area contributed by atoms with Crippen LogP contribution in [0.1, 0.15) is 29.5 Å². The molecule has 1 unspecified atom stereocenters. The number of imidazole rings is 1. The van der Waals surface area contributed by atoms with Crippen LogP contribution in [0.15, 0.2) is 36.7 Å². The maximum atomic E-state index is 12.9. The SMILES string of the molecule is CCN(C(=O)C1CCc2nccn2C1)c1cccc(C(=O)O)c1. The first kappa shape index (κ1) is 15.3. The summed E-state index contributed by atoms with van der Waals surface area (Å²) < 4.78 is 2.02. The summed E-state index contributed by atoms with van der Waals surface area (Å²) in [5.74, 6) is -0.0411. The van der Waals surface area contributed by atoms with Crippen LogP contribution in [0, 0.1) is 5.92 Å². The molecule has 0 radical (unpaired) electrons. The number of carboxylic acid groups (broad SMARTS) is 1. The molecule has 23 heavy (non-hydrogen) atoms. The third-order valence-electron chi connectivity index (χ3n) is 4.27. The van der Waals surface area contributed by atoms with E-state index < -0.39 is 5.97 Å². The summed E-state index contributed by atoms with van der Waals surface area (Å²) in [5.41, 5.74) is 0.822. The Kier molecular flexibility index (Phi) is 4.14. The molecule has 1 aromatic carbocycles. The predicted molar refractivity (Wildman–Crippen MR) is 85.5 cm³/mol. The van der Waals surface area contributed by atoms with Crippen LogP contribution in [0.25, 0.3) is 0 Å². The molecule has 0 bridgehead atoms. The second-order valence-electron chi connectivity index (χ2n) is 5.67. The van der Waals surface area contributed by atoms with E-state index in [-0.39, 0.29) is 17.4 Å². The van der Waals surface area contributed by atoms with Crippen molar-refractivity contribution in [3.8, 4) is 0 Å². The van der Waals surface area contributed by atoms with Crippen LogP contribution in [-0.2, 0) is 17.8 Å². The van der Waals surface area contributed by atoms with Gasteiger partial charge in [0.05, 0.1) is 11.5 Å². The van der Waals surface area contributed by atoms with Gasteiger partial charge in [0.25, 0.3) is 0 Å². The van der Waals surface area contributed by atoms with E-state index in [1.54, 1.807) is 29.3 Å². The van der Waals surface area contributed by atoms with E-state index in [9.17, 15) is 9.59 Å². The second-order valence-corrected chi connectivity index (χ2v) is 5.67. The minimum atomic E-state index is -0.990. The van der Waals surface area contributed by atoms with Crippen molar-refractivity contribution in [3.05, 3.63) is 48.0 Å². The minimum absolute atomic E-state index is 0.0365. The predicted octanol–water partition coefficient (Wildman–Crippen LogP) is 2.20. The topological polar surface area (TPSA) is 75.4 Å². The molecule has 0 spiro atoms. The van der Waals surface area contributed by atoms with E-state index >= 15 is 0 Å². The van der Waals surface area contributed by atoms with Crippen LogP contribution in [0.3, 0.4) is 0 Å². The van der Waals surface area contributed by atoms with Crippen molar-refractivity contribution in [1.82, 2.24) is 9.55 Å². The van der Waals surface area contributed by atoms with Crippen molar-refractivity contribution in [2.45, 2.75) is 26.3 Å². The highest BCUT2D eigenvalue weighted by Crippen LogP contribution is 2.24. The average molecular weight is 313 g/mol. The fourth-order valence-corrected chi connectivity index (χ4v) is 3.06. The van der Waals surface area contributed by atoms with E-state index in [4.69, 9.17) is 5.11 Å². The molecular weight excluding hydrogens is 294 g/mol. The second kappa shape index (κ2) is 6.24. The van der Waals surface area contributed by atoms with Gasteiger partial charge in [0.15, 0.2) is 0 Å². The van der Waals surface area contributed by atoms with Gasteiger partial charge >= 0.3 is 5.97 Å². The maximum Gasteiger partial charge on any atom is 0.335 e. The molecule has 1 N–H and O–H groups in total. The molecule has 1 aliphatic heterocycles. The Morgan fingerprint density at radius 2 is 2.26 bits per heavy atom. The van der Waals surface area contributed by atoms with Crippen LogP contribution in [0.2, 0.25) is 0 Å². The number of anilines is 1. The third-order valence-corrected chi connectivity index (χ3v) is 4.27. The van der Waals surface area contributed by atoms with Crippen LogP contribution in [0.4, 0.5) is 5.69 Å². The van der Waals surface area contributed by atoms with Crippen molar-refractivity contribution in [3.63, 3.8) is 0 Å². The first-order valence-electron chi connectivity index (χ1n) is 7.75. The van der Waals surface area contributed by atoms with Gasteiger partial charge in [-0.3, -0.25) is 4.79 Å². The number of aryl methyl sites for hydroxylation is 1. The molecule has 0 saturated carbocycles. The number of aromatic carboxylic acids is 1. The lowest BCUT2D eigenvalue weighted by Gasteiger charge is -2.29. The van der Waals surface area contributed by atoms with Gasteiger partial charge < -0.3 is 14.6 Å². The normalized spacial score (nSPS) is 16.7. The van der Waals surface area contributed by atoms with Crippen LogP contribution < -0.4 is 4.90 Å². The van der Waals surface area contributed by atoms with Crippen LogP contribution in [0.5, 0.6) is 0 Å². The van der Waals surface area contributed by atoms with E-state index in [1.807, 2.05) is 17.7 Å². The number of carbonyl (C=O) groups excluding carboxylic acids is 1. The largest absolute Gasteiger partial charge is 0.478 e. The van der Waals surface area contributed by atoms with Gasteiger partial charge in [-0.1, -0.05) is 6.07 Å². The summed E-state index contributed by atoms with van der Waals surface area (Å²) in [6.07, 6.45) is 5.22. The van der Waals surface area contributed by atoms with Gasteiger partial charge in [0.1, 0.15) is 5.82 Å². The van der Waals surface area contributed by atoms with Gasteiger partial charge in [-0.05, 0) is 31.5 Å². The highest BCUT2D eigenvalue weighted by Gasteiger charge is 2.29. The lowest BCUT2D eigenvalue weighted by atomic mass is 9.97. The quantitative estimate of drug-likeness (QED) is 0.939. The fourth-order valence-electron chi connectivity index (χ4n) is 3.06. The van der Waals surface area contributed by atoms with Crippen molar-refractivity contribution in [2.75, 3.05) is 11.4 Å². The summed E-state index contributed by atoms with van der Waals surface area (Å²) >= 11 is 0. The zero-order valence-corrected chi connectivity index (χ0v) is 13.0. The lowest BCUT2D eigenvalue weighted by Crippen LogP contribution is -2.39. The van der Waals surface area contributed by atoms with Crippen molar-refractivity contribution in [1.29, 1.82) is 0 Å². The molecule has 1 amide bonds. The molecule has 2 aromatic rings. The zero-order chi connectivity index (χ0) is 16.4. The minimum Gasteiger partial charge on any atom is -0.478 e. The number of hydrogen-bond donors (Lipinski definition) is 1. The molecule has 0 fully saturated rings. The van der Waals surface area contributed by atoms with Gasteiger partial charge in [-0.2, -0.15) is 0 Å². The lowest BCUT2D eigenvalue weighted by molar-refractivity contribution is -0.123. The monoisotopic (exact) mass is 313 g/mol. The Labute approximate surface area is 134 Å². The van der Waals surface area contributed by atoms with E-state index in [1.165, 1.54) is 6.07 Å². The van der Waals surface area contributed by atoms with E-state index in [2.05, 4.69) is 4.98 Å². The summed E-state index contributed by atoms with van der Waals surface area (Å²) in [6.45, 7) is 3.04. The molecular formula is C17H19N3O3. The summed E-state index contributed by atoms with van der Waals surface area (Å²) in [5, 5.41) is 9.12. The zero-order valence-electron chi connectivity index (χ0n) is 13.0. The molecule has 3 rings (SSSR count). The average Bonchev–Trinajstić information content (AvgIpc) is 3.03. The van der Waals surface area contributed by atoms with Gasteiger partial charge in [0.2, 0.25) is 5.91 Å². The molecule has 6 nitrogen and oxygen atoms in total. The molecule has 0 aliphatic carbocycles. The third kappa shape index (κ3) is 2.97. The maximum absolute atomic E-state index is 12.9. The fraction of sp³-hybridized carbons (Fsp3) is 0.353. The van der Waals surface area contributed by atoms with E-state index in [0.717, 1.165) is 18.7 Å². The highest BCUT2D eigenvalue weighted by molar-refractivity contribution is 5.97. The molecule has 1 aliphatic rings. The number of benzene rings is 1. The molecule has 1 atom stereocenters. The summed E-state index contributed by atoms with van der Waals surface area (Å²) in [7, 11) is 0. The number of aromatic nitrogens is 2. The van der Waals surface area contributed by atoms with Crippen LogP contribution in [-0.4, -0.2) is 33.1 Å². The summed E-state index contributed by atoms with van der Waals surface area (Å²) in [4.78, 5) is 30.0. The number of rotatable bonds is 4. The number of carbonyl (C=O) groups is 2. The summed E-state index contributed by atoms with van der Waals surface area (Å²) in [6, 6.07) is 6.53. The molecule has 6 heteroatoms. The number of hydrogen-bond acceptors (Lipinski definition) is 3. The highest BCUT2D eigenvalue weighted by atomic mass is 16.4. The first-order valence-corrected chi connectivity index (χ1v) is 7.75. The van der Waals surface area contributed by atoms with E-state index in [0.29, 0.717) is 18.8 Å². The number of carboxylic acids is 1. The Bertz CT molecular complexity index is 738. The Balaban J connectivity index is 1.82. The van der Waals surface area contributed by atoms with Crippen LogP contribution >= 0.6 is 0 Å². The van der Waals surface area contributed by atoms with Gasteiger partial charge in [-0.15, -0.1) is 0 Å². The van der Waals surface area contributed by atoms with Gasteiger partial charge in [0, 0.05) is 37.6 Å². The molecule has 0 saturated heterocycles. The number of amides is 1. The molecule has 120 valence electrons. The number of fused-ring (bicyclic) bond motifs is 1. The van der Waals surface area contributed by atoms with Crippen molar-refractivity contribution >= 4 is 17.6 Å². The van der Waals surface area contributed by atoms with Gasteiger partial charge in [-0.25, -0.2) is 9.78 Å². The van der Waals surface area contributed by atoms with Crippen molar-refractivity contribution < 1.29 is 14.7 Å².